The van der Waals surface area contributed by atoms with Gasteiger partial charge in [0, 0.05) is 18.8 Å². The Bertz CT molecular complexity index is 517. The zero-order chi connectivity index (χ0) is 12.3. The lowest BCUT2D eigenvalue weighted by atomic mass is 10.3. The van der Waals surface area contributed by atoms with Crippen molar-refractivity contribution >= 4 is 5.97 Å². The molecule has 0 unspecified atom stereocenters. The van der Waals surface area contributed by atoms with Gasteiger partial charge in [-0.15, -0.1) is 0 Å². The largest absolute Gasteiger partial charge is 0.489 e. The molecule has 2 rings (SSSR count). The number of carbonyl (C=O) groups is 1. The highest BCUT2D eigenvalue weighted by atomic mass is 16.5. The first-order valence-corrected chi connectivity index (χ1v) is 5.23. The van der Waals surface area contributed by atoms with E-state index >= 15 is 0 Å². The van der Waals surface area contributed by atoms with Crippen LogP contribution in [0.25, 0.3) is 0 Å². The summed E-state index contributed by atoms with van der Waals surface area (Å²) in [6.07, 6.45) is 1.76. The van der Waals surface area contributed by atoms with Crippen LogP contribution in [-0.2, 0) is 13.7 Å². The van der Waals surface area contributed by atoms with E-state index in [1.54, 1.807) is 23.9 Å². The zero-order valence-electron chi connectivity index (χ0n) is 9.46. The Morgan fingerprint density at radius 3 is 2.65 bits per heavy atom. The Morgan fingerprint density at radius 2 is 2.06 bits per heavy atom. The summed E-state index contributed by atoms with van der Waals surface area (Å²) < 4.78 is 7.11. The minimum atomic E-state index is -0.932. The topological polar surface area (TPSA) is 51.5 Å². The summed E-state index contributed by atoms with van der Waals surface area (Å²) in [6, 6.07) is 11.0. The molecule has 0 radical (unpaired) electrons. The molecule has 4 heteroatoms. The fourth-order valence-electron chi connectivity index (χ4n) is 1.61. The quantitative estimate of drug-likeness (QED) is 0.878. The van der Waals surface area contributed by atoms with Crippen molar-refractivity contribution in [3.8, 4) is 5.75 Å². The number of aryl methyl sites for hydroxylation is 1. The highest BCUT2D eigenvalue weighted by Gasteiger charge is 2.09. The molecule has 0 saturated heterocycles. The molecule has 0 saturated carbocycles. The normalized spacial score (nSPS) is 10.2. The molecule has 2 aromatic rings. The third kappa shape index (κ3) is 2.66. The van der Waals surface area contributed by atoms with E-state index < -0.39 is 5.97 Å². The molecule has 17 heavy (non-hydrogen) atoms. The van der Waals surface area contributed by atoms with Crippen molar-refractivity contribution in [2.75, 3.05) is 0 Å². The van der Waals surface area contributed by atoms with E-state index in [9.17, 15) is 4.79 Å². The van der Waals surface area contributed by atoms with Gasteiger partial charge in [-0.05, 0) is 18.2 Å². The lowest BCUT2D eigenvalue weighted by Gasteiger charge is -2.03. The number of hydrogen-bond donors (Lipinski definition) is 1. The van der Waals surface area contributed by atoms with Gasteiger partial charge in [-0.2, -0.15) is 0 Å². The van der Waals surface area contributed by atoms with E-state index in [1.807, 2.05) is 30.3 Å². The van der Waals surface area contributed by atoms with Crippen LogP contribution in [0.5, 0.6) is 5.75 Å². The maximum atomic E-state index is 10.8. The molecule has 0 aliphatic rings. The molecule has 0 amide bonds. The van der Waals surface area contributed by atoms with Gasteiger partial charge in [0.2, 0.25) is 0 Å². The molecule has 0 bridgehead atoms. The molecular weight excluding hydrogens is 218 g/mol. The van der Waals surface area contributed by atoms with E-state index in [2.05, 4.69) is 0 Å². The van der Waals surface area contributed by atoms with Gasteiger partial charge in [0.1, 0.15) is 18.1 Å². The Balaban J connectivity index is 2.05. The third-order valence-corrected chi connectivity index (χ3v) is 2.43. The highest BCUT2D eigenvalue weighted by molar-refractivity contribution is 5.86. The molecule has 0 atom stereocenters. The van der Waals surface area contributed by atoms with E-state index in [-0.39, 0.29) is 5.69 Å². The van der Waals surface area contributed by atoms with Crippen LogP contribution in [0.2, 0.25) is 0 Å². The van der Waals surface area contributed by atoms with Crippen LogP contribution in [0.3, 0.4) is 0 Å². The van der Waals surface area contributed by atoms with Gasteiger partial charge in [0.15, 0.2) is 0 Å². The molecule has 0 aliphatic carbocycles. The van der Waals surface area contributed by atoms with Crippen molar-refractivity contribution in [3.05, 3.63) is 53.9 Å². The number of aromatic nitrogens is 1. The van der Waals surface area contributed by atoms with Gasteiger partial charge in [0.05, 0.1) is 0 Å². The molecule has 1 aromatic heterocycles. The van der Waals surface area contributed by atoms with Crippen LogP contribution in [0.15, 0.2) is 42.6 Å². The monoisotopic (exact) mass is 231 g/mol. The Kier molecular flexibility index (Phi) is 3.14. The van der Waals surface area contributed by atoms with Crippen LogP contribution in [0.4, 0.5) is 0 Å². The minimum absolute atomic E-state index is 0.261. The predicted molar refractivity (Wildman–Crippen MR) is 63.1 cm³/mol. The highest BCUT2D eigenvalue weighted by Crippen LogP contribution is 2.13. The van der Waals surface area contributed by atoms with Crippen LogP contribution < -0.4 is 4.74 Å². The summed E-state index contributed by atoms with van der Waals surface area (Å²) in [4.78, 5) is 10.8. The molecule has 1 aromatic carbocycles. The molecule has 1 N–H and O–H groups in total. The SMILES string of the molecule is Cn1cc(COc2ccccc2)cc1C(=O)O. The number of rotatable bonds is 4. The number of aromatic carboxylic acids is 1. The first-order chi connectivity index (χ1) is 8.16. The number of hydrogen-bond acceptors (Lipinski definition) is 2. The second-order valence-electron chi connectivity index (χ2n) is 3.75. The number of benzene rings is 1. The number of para-hydroxylation sites is 1. The summed E-state index contributed by atoms with van der Waals surface area (Å²) in [5.41, 5.74) is 1.10. The fraction of sp³-hybridized carbons (Fsp3) is 0.154. The van der Waals surface area contributed by atoms with E-state index in [1.165, 1.54) is 0 Å². The van der Waals surface area contributed by atoms with Gasteiger partial charge in [-0.3, -0.25) is 0 Å². The molecule has 1 heterocycles. The maximum Gasteiger partial charge on any atom is 0.352 e. The van der Waals surface area contributed by atoms with E-state index in [0.717, 1.165) is 11.3 Å². The summed E-state index contributed by atoms with van der Waals surface area (Å²) >= 11 is 0. The number of ether oxygens (including phenoxy) is 1. The van der Waals surface area contributed by atoms with Crippen molar-refractivity contribution < 1.29 is 14.6 Å². The van der Waals surface area contributed by atoms with Gasteiger partial charge < -0.3 is 14.4 Å². The standard InChI is InChI=1S/C13H13NO3/c1-14-8-10(7-12(14)13(15)16)9-17-11-5-3-2-4-6-11/h2-8H,9H2,1H3,(H,15,16). The Morgan fingerprint density at radius 1 is 1.35 bits per heavy atom. The molecule has 0 spiro atoms. The number of carboxylic acid groups (broad SMARTS) is 1. The second-order valence-corrected chi connectivity index (χ2v) is 3.75. The van der Waals surface area contributed by atoms with Gasteiger partial charge >= 0.3 is 5.97 Å². The average Bonchev–Trinajstić information content (AvgIpc) is 2.69. The lowest BCUT2D eigenvalue weighted by molar-refractivity contribution is 0.0686. The smallest absolute Gasteiger partial charge is 0.352 e. The Labute approximate surface area is 99.1 Å². The average molecular weight is 231 g/mol. The third-order valence-electron chi connectivity index (χ3n) is 2.43. The summed E-state index contributed by atoms with van der Waals surface area (Å²) in [5, 5.41) is 8.90. The first kappa shape index (κ1) is 11.3. The predicted octanol–water partition coefficient (Wildman–Crippen LogP) is 2.30. The van der Waals surface area contributed by atoms with Crippen LogP contribution in [0.1, 0.15) is 16.1 Å². The molecule has 88 valence electrons. The molecule has 0 fully saturated rings. The van der Waals surface area contributed by atoms with Crippen LogP contribution in [0, 0.1) is 0 Å². The Hall–Kier alpha value is -2.23. The first-order valence-electron chi connectivity index (χ1n) is 5.23. The second kappa shape index (κ2) is 4.74. The fourth-order valence-corrected chi connectivity index (χ4v) is 1.61. The van der Waals surface area contributed by atoms with E-state index in [0.29, 0.717) is 6.61 Å². The lowest BCUT2D eigenvalue weighted by Crippen LogP contribution is -2.02. The van der Waals surface area contributed by atoms with Crippen molar-refractivity contribution in [2.24, 2.45) is 7.05 Å². The van der Waals surface area contributed by atoms with Gasteiger partial charge in [0.25, 0.3) is 0 Å². The van der Waals surface area contributed by atoms with Crippen LogP contribution >= 0.6 is 0 Å². The molecule has 4 nitrogen and oxygen atoms in total. The van der Waals surface area contributed by atoms with Crippen molar-refractivity contribution in [3.63, 3.8) is 0 Å². The van der Waals surface area contributed by atoms with Crippen molar-refractivity contribution in [1.82, 2.24) is 4.57 Å². The van der Waals surface area contributed by atoms with Crippen molar-refractivity contribution in [1.29, 1.82) is 0 Å². The van der Waals surface area contributed by atoms with Gasteiger partial charge in [-0.1, -0.05) is 18.2 Å². The maximum absolute atomic E-state index is 10.8. The van der Waals surface area contributed by atoms with Crippen molar-refractivity contribution in [2.45, 2.75) is 6.61 Å². The summed E-state index contributed by atoms with van der Waals surface area (Å²) in [7, 11) is 1.70. The molecular formula is C13H13NO3. The van der Waals surface area contributed by atoms with E-state index in [4.69, 9.17) is 9.84 Å². The summed E-state index contributed by atoms with van der Waals surface area (Å²) in [5.74, 6) is -0.160. The summed E-state index contributed by atoms with van der Waals surface area (Å²) in [6.45, 7) is 0.366. The number of carboxylic acids is 1. The zero-order valence-corrected chi connectivity index (χ0v) is 9.46. The van der Waals surface area contributed by atoms with Gasteiger partial charge in [-0.25, -0.2) is 4.79 Å². The molecule has 0 aliphatic heterocycles. The number of nitrogens with zero attached hydrogens (tertiary/aromatic N) is 1. The van der Waals surface area contributed by atoms with Crippen LogP contribution in [-0.4, -0.2) is 15.6 Å². The minimum Gasteiger partial charge on any atom is -0.489 e.